The summed E-state index contributed by atoms with van der Waals surface area (Å²) >= 11 is 1.19. The third kappa shape index (κ3) is 2.17. The molecule has 16 heavy (non-hydrogen) atoms. The maximum Gasteiger partial charge on any atom is 0.267 e. The van der Waals surface area contributed by atoms with Crippen molar-refractivity contribution in [3.8, 4) is 0 Å². The Hall–Kier alpha value is -1.95. The van der Waals surface area contributed by atoms with Gasteiger partial charge < -0.3 is 11.1 Å². The minimum absolute atomic E-state index is 0.104. The topological polar surface area (TPSA) is 68.0 Å². The number of nitrogens with zero attached hydrogens (tertiary/aromatic N) is 1. The number of hydrogen-bond acceptors (Lipinski definition) is 4. The molecule has 0 aliphatic carbocycles. The van der Waals surface area contributed by atoms with E-state index in [9.17, 15) is 9.18 Å². The van der Waals surface area contributed by atoms with Gasteiger partial charge in [0.15, 0.2) is 0 Å². The summed E-state index contributed by atoms with van der Waals surface area (Å²) in [5.74, 6) is -0.941. The Balaban J connectivity index is 2.18. The lowest BCUT2D eigenvalue weighted by atomic mass is 10.2. The molecule has 0 unspecified atom stereocenters. The van der Waals surface area contributed by atoms with Crippen LogP contribution in [0.25, 0.3) is 0 Å². The number of carbonyl (C=O) groups excluding carboxylic acids is 1. The number of rotatable bonds is 2. The predicted octanol–water partition coefficient (Wildman–Crippen LogP) is 2.12. The van der Waals surface area contributed by atoms with Gasteiger partial charge in [0.2, 0.25) is 0 Å². The van der Waals surface area contributed by atoms with E-state index in [1.54, 1.807) is 0 Å². The standard InChI is InChI=1S/C10H8FN3OS/c11-7-3-6(12)1-2-8(7)14-10(15)9-4-13-5-16-9/h1-5H,12H2,(H,14,15). The van der Waals surface area contributed by atoms with E-state index in [1.807, 2.05) is 0 Å². The first-order valence-corrected chi connectivity index (χ1v) is 5.29. The van der Waals surface area contributed by atoms with Crippen LogP contribution >= 0.6 is 11.3 Å². The minimum Gasteiger partial charge on any atom is -0.399 e. The van der Waals surface area contributed by atoms with Crippen LogP contribution in [0.5, 0.6) is 0 Å². The van der Waals surface area contributed by atoms with Crippen molar-refractivity contribution >= 4 is 28.6 Å². The molecule has 6 heteroatoms. The molecule has 4 nitrogen and oxygen atoms in total. The number of nitrogen functional groups attached to an aromatic ring is 1. The normalized spacial score (nSPS) is 10.1. The summed E-state index contributed by atoms with van der Waals surface area (Å²) in [6.45, 7) is 0. The second-order valence-electron chi connectivity index (χ2n) is 3.06. The molecule has 82 valence electrons. The van der Waals surface area contributed by atoms with E-state index >= 15 is 0 Å². The van der Waals surface area contributed by atoms with Gasteiger partial charge in [0.25, 0.3) is 5.91 Å². The van der Waals surface area contributed by atoms with E-state index in [4.69, 9.17) is 5.73 Å². The van der Waals surface area contributed by atoms with E-state index in [2.05, 4.69) is 10.3 Å². The van der Waals surface area contributed by atoms with Gasteiger partial charge in [0.05, 0.1) is 17.4 Å². The number of hydrogen-bond donors (Lipinski definition) is 2. The smallest absolute Gasteiger partial charge is 0.267 e. The fourth-order valence-electron chi connectivity index (χ4n) is 1.14. The number of benzene rings is 1. The monoisotopic (exact) mass is 237 g/mol. The summed E-state index contributed by atoms with van der Waals surface area (Å²) in [4.78, 5) is 15.8. The first kappa shape index (κ1) is 10.6. The maximum atomic E-state index is 13.3. The van der Waals surface area contributed by atoms with Crippen LogP contribution in [-0.2, 0) is 0 Å². The lowest BCUT2D eigenvalue weighted by Gasteiger charge is -2.05. The summed E-state index contributed by atoms with van der Waals surface area (Å²) < 4.78 is 13.3. The van der Waals surface area contributed by atoms with Crippen LogP contribution in [0, 0.1) is 5.82 Å². The number of aromatic nitrogens is 1. The summed E-state index contributed by atoms with van der Waals surface area (Å²) in [7, 11) is 0. The van der Waals surface area contributed by atoms with Crippen molar-refractivity contribution < 1.29 is 9.18 Å². The average molecular weight is 237 g/mol. The first-order chi connectivity index (χ1) is 7.66. The second-order valence-corrected chi connectivity index (χ2v) is 3.95. The van der Waals surface area contributed by atoms with Crippen molar-refractivity contribution in [2.45, 2.75) is 0 Å². The molecule has 2 aromatic rings. The molecule has 1 aromatic heterocycles. The van der Waals surface area contributed by atoms with Gasteiger partial charge in [0.1, 0.15) is 10.7 Å². The highest BCUT2D eigenvalue weighted by Crippen LogP contribution is 2.18. The predicted molar refractivity (Wildman–Crippen MR) is 60.9 cm³/mol. The van der Waals surface area contributed by atoms with E-state index in [-0.39, 0.29) is 11.6 Å². The Morgan fingerprint density at radius 1 is 1.50 bits per heavy atom. The van der Waals surface area contributed by atoms with Crippen molar-refractivity contribution in [3.63, 3.8) is 0 Å². The molecule has 1 aromatic carbocycles. The number of nitrogens with one attached hydrogen (secondary N) is 1. The Bertz CT molecular complexity index is 513. The molecule has 0 aliphatic rings. The summed E-state index contributed by atoms with van der Waals surface area (Å²) in [5, 5.41) is 2.44. The molecule has 0 atom stereocenters. The molecular formula is C10H8FN3OS. The molecule has 0 bridgehead atoms. The van der Waals surface area contributed by atoms with Gasteiger partial charge in [-0.2, -0.15) is 0 Å². The van der Waals surface area contributed by atoms with Crippen LogP contribution in [0.4, 0.5) is 15.8 Å². The molecule has 0 saturated heterocycles. The van der Waals surface area contributed by atoms with Gasteiger partial charge in [-0.1, -0.05) is 0 Å². The Morgan fingerprint density at radius 2 is 2.31 bits per heavy atom. The molecule has 1 heterocycles. The molecule has 3 N–H and O–H groups in total. The fourth-order valence-corrected chi connectivity index (χ4v) is 1.66. The second kappa shape index (κ2) is 4.28. The van der Waals surface area contributed by atoms with Crippen LogP contribution in [0.3, 0.4) is 0 Å². The zero-order valence-corrected chi connectivity index (χ0v) is 8.92. The molecule has 0 aliphatic heterocycles. The van der Waals surface area contributed by atoms with Crippen LogP contribution in [0.2, 0.25) is 0 Å². The zero-order chi connectivity index (χ0) is 11.5. The molecule has 0 spiro atoms. The summed E-state index contributed by atoms with van der Waals surface area (Å²) in [6.07, 6.45) is 1.43. The Labute approximate surface area is 94.9 Å². The van der Waals surface area contributed by atoms with Crippen LogP contribution in [0.15, 0.2) is 29.9 Å². The molecular weight excluding hydrogens is 229 g/mol. The van der Waals surface area contributed by atoms with Crippen molar-refractivity contribution in [2.75, 3.05) is 11.1 Å². The Kier molecular flexibility index (Phi) is 2.82. The van der Waals surface area contributed by atoms with Crippen molar-refractivity contribution in [1.29, 1.82) is 0 Å². The van der Waals surface area contributed by atoms with Gasteiger partial charge in [0, 0.05) is 5.69 Å². The molecule has 0 saturated carbocycles. The minimum atomic E-state index is -0.558. The quantitative estimate of drug-likeness (QED) is 0.786. The zero-order valence-electron chi connectivity index (χ0n) is 8.11. The first-order valence-electron chi connectivity index (χ1n) is 4.41. The Morgan fingerprint density at radius 3 is 2.94 bits per heavy atom. The van der Waals surface area contributed by atoms with Crippen molar-refractivity contribution in [1.82, 2.24) is 4.98 Å². The highest BCUT2D eigenvalue weighted by Gasteiger charge is 2.10. The fraction of sp³-hybridized carbons (Fsp3) is 0. The summed E-state index contributed by atoms with van der Waals surface area (Å²) in [5.41, 5.74) is 7.35. The van der Waals surface area contributed by atoms with Gasteiger partial charge in [-0.05, 0) is 18.2 Å². The van der Waals surface area contributed by atoms with E-state index in [0.29, 0.717) is 10.6 Å². The van der Waals surface area contributed by atoms with E-state index in [0.717, 1.165) is 6.07 Å². The van der Waals surface area contributed by atoms with E-state index < -0.39 is 5.82 Å². The van der Waals surface area contributed by atoms with Crippen LogP contribution in [-0.4, -0.2) is 10.9 Å². The molecule has 0 radical (unpaired) electrons. The van der Waals surface area contributed by atoms with E-state index in [1.165, 1.54) is 35.2 Å². The van der Waals surface area contributed by atoms with Crippen molar-refractivity contribution in [3.05, 3.63) is 40.6 Å². The maximum absolute atomic E-state index is 13.3. The third-order valence-electron chi connectivity index (χ3n) is 1.90. The third-order valence-corrected chi connectivity index (χ3v) is 2.67. The van der Waals surface area contributed by atoms with Gasteiger partial charge >= 0.3 is 0 Å². The van der Waals surface area contributed by atoms with Crippen LogP contribution in [0.1, 0.15) is 9.67 Å². The summed E-state index contributed by atoms with van der Waals surface area (Å²) in [6, 6.07) is 4.09. The van der Waals surface area contributed by atoms with Gasteiger partial charge in [-0.3, -0.25) is 9.78 Å². The van der Waals surface area contributed by atoms with Gasteiger partial charge in [-0.15, -0.1) is 11.3 Å². The number of halogens is 1. The lowest BCUT2D eigenvalue weighted by Crippen LogP contribution is -2.11. The number of anilines is 2. The van der Waals surface area contributed by atoms with Crippen molar-refractivity contribution in [2.24, 2.45) is 0 Å². The largest absolute Gasteiger partial charge is 0.399 e. The number of thiazole rings is 1. The van der Waals surface area contributed by atoms with Crippen LogP contribution < -0.4 is 11.1 Å². The SMILES string of the molecule is Nc1ccc(NC(=O)c2cncs2)c(F)c1. The number of amides is 1. The highest BCUT2D eigenvalue weighted by atomic mass is 32.1. The average Bonchev–Trinajstić information content (AvgIpc) is 2.75. The molecule has 2 rings (SSSR count). The molecule has 1 amide bonds. The highest BCUT2D eigenvalue weighted by molar-refractivity contribution is 7.11. The number of nitrogens with two attached hydrogens (primary N) is 1. The number of carbonyl (C=O) groups is 1. The lowest BCUT2D eigenvalue weighted by molar-refractivity contribution is 0.103. The molecule has 0 fully saturated rings. The van der Waals surface area contributed by atoms with Gasteiger partial charge in [-0.25, -0.2) is 4.39 Å².